The van der Waals surface area contributed by atoms with Crippen LogP contribution in [-0.2, 0) is 9.59 Å². The van der Waals surface area contributed by atoms with Crippen molar-refractivity contribution in [2.75, 3.05) is 23.7 Å². The van der Waals surface area contributed by atoms with Gasteiger partial charge in [0.2, 0.25) is 11.8 Å². The van der Waals surface area contributed by atoms with Crippen LogP contribution in [0, 0.1) is 0 Å². The zero-order valence-electron chi connectivity index (χ0n) is 20.7. The van der Waals surface area contributed by atoms with Gasteiger partial charge < -0.3 is 21.3 Å². The highest BCUT2D eigenvalue weighted by Crippen LogP contribution is 2.30. The maximum atomic E-state index is 11.8. The summed E-state index contributed by atoms with van der Waals surface area (Å²) in [6.07, 6.45) is 10.9. The van der Waals surface area contributed by atoms with Crippen LogP contribution >= 0.6 is 0 Å². The Morgan fingerprint density at radius 3 is 2.68 bits per heavy atom. The number of amides is 2. The molecule has 2 aliphatic rings. The number of allylic oxidation sites excluding steroid dienone is 5. The van der Waals surface area contributed by atoms with Gasteiger partial charge in [0.15, 0.2) is 0 Å². The predicted octanol–water partition coefficient (Wildman–Crippen LogP) is 4.44. The fourth-order valence-electron chi connectivity index (χ4n) is 4.27. The van der Waals surface area contributed by atoms with E-state index in [4.69, 9.17) is 10.7 Å². The first-order chi connectivity index (χ1) is 18.0. The minimum absolute atomic E-state index is 0.109. The molecule has 8 heteroatoms. The molecule has 1 aliphatic heterocycles. The molecule has 8 nitrogen and oxygen atoms in total. The first-order valence-corrected chi connectivity index (χ1v) is 12.0. The zero-order chi connectivity index (χ0) is 26.2. The Balaban J connectivity index is 1.60. The number of hydrogen-bond donors (Lipinski definition) is 3. The molecule has 0 spiro atoms. The average Bonchev–Trinajstić information content (AvgIpc) is 3.38. The van der Waals surface area contributed by atoms with Crippen LogP contribution in [0.25, 0.3) is 5.57 Å². The van der Waals surface area contributed by atoms with Gasteiger partial charge in [0.1, 0.15) is 0 Å². The highest BCUT2D eigenvalue weighted by molar-refractivity contribution is 6.34. The van der Waals surface area contributed by atoms with E-state index in [9.17, 15) is 9.59 Å². The molecule has 0 radical (unpaired) electrons. The summed E-state index contributed by atoms with van der Waals surface area (Å²) < 4.78 is 0. The number of nitrogens with zero attached hydrogens (tertiary/aromatic N) is 3. The fraction of sp³-hybridized carbons (Fsp3) is 0.172. The molecule has 2 amide bonds. The standard InChI is InChI=1S/C29H30N6O2/c1-3-28(37)33-25-8-4-6-21(16-25)27-9-5-7-22(17-31-19-30)29(27)34-24-12-10-23(11-13-24)32-26-14-15-35(18-26)20(2)36/h3-13,16-17,19,26,32H,1,14-15,18H2,2H3,(H2,30,31)(H,33,37)/b22-17-,34-29+. The highest BCUT2D eigenvalue weighted by Gasteiger charge is 2.24. The lowest BCUT2D eigenvalue weighted by Gasteiger charge is -2.17. The van der Waals surface area contributed by atoms with E-state index in [1.54, 1.807) is 13.1 Å². The summed E-state index contributed by atoms with van der Waals surface area (Å²) >= 11 is 0. The lowest BCUT2D eigenvalue weighted by atomic mass is 9.91. The Morgan fingerprint density at radius 1 is 1.16 bits per heavy atom. The largest absolute Gasteiger partial charge is 0.390 e. The molecule has 2 aromatic rings. The number of hydrogen-bond acceptors (Lipinski definition) is 5. The van der Waals surface area contributed by atoms with Crippen molar-refractivity contribution in [3.63, 3.8) is 0 Å². The van der Waals surface area contributed by atoms with Gasteiger partial charge in [-0.15, -0.1) is 0 Å². The summed E-state index contributed by atoms with van der Waals surface area (Å²) in [5.41, 5.74) is 11.2. The summed E-state index contributed by atoms with van der Waals surface area (Å²) in [6, 6.07) is 15.7. The van der Waals surface area contributed by atoms with Crippen molar-refractivity contribution in [2.45, 2.75) is 19.4 Å². The van der Waals surface area contributed by atoms with Gasteiger partial charge in [-0.3, -0.25) is 9.59 Å². The SMILES string of the molecule is C=CC(=O)Nc1cccc(C2=CC=CC(=C/N=C/N)/C2=N\c2ccc(NC3CCN(C(C)=O)C3)cc2)c1. The zero-order valence-corrected chi connectivity index (χ0v) is 20.7. The van der Waals surface area contributed by atoms with Gasteiger partial charge in [-0.25, -0.2) is 9.98 Å². The van der Waals surface area contributed by atoms with Crippen molar-refractivity contribution in [3.05, 3.63) is 96.8 Å². The molecular formula is C29H30N6O2. The summed E-state index contributed by atoms with van der Waals surface area (Å²) in [4.78, 5) is 34.3. The van der Waals surface area contributed by atoms with E-state index in [-0.39, 0.29) is 17.9 Å². The number of anilines is 2. The average molecular weight is 495 g/mol. The maximum Gasteiger partial charge on any atom is 0.247 e. The second kappa shape index (κ2) is 11.8. The van der Waals surface area contributed by atoms with Crippen molar-refractivity contribution in [3.8, 4) is 0 Å². The van der Waals surface area contributed by atoms with Crippen LogP contribution in [0.4, 0.5) is 17.1 Å². The molecule has 1 heterocycles. The van der Waals surface area contributed by atoms with Gasteiger partial charge in [0, 0.05) is 54.8 Å². The molecule has 0 bridgehead atoms. The lowest BCUT2D eigenvalue weighted by molar-refractivity contribution is -0.127. The van der Waals surface area contributed by atoms with E-state index in [0.717, 1.165) is 46.8 Å². The summed E-state index contributed by atoms with van der Waals surface area (Å²) in [5.74, 6) is -0.168. The van der Waals surface area contributed by atoms with Crippen LogP contribution in [0.2, 0.25) is 0 Å². The van der Waals surface area contributed by atoms with Crippen LogP contribution in [0.15, 0.2) is 101 Å². The van der Waals surface area contributed by atoms with Crippen molar-refractivity contribution in [1.82, 2.24) is 4.90 Å². The number of likely N-dealkylation sites (tertiary alicyclic amines) is 1. The van der Waals surface area contributed by atoms with Gasteiger partial charge >= 0.3 is 0 Å². The van der Waals surface area contributed by atoms with Crippen LogP contribution in [0.3, 0.4) is 0 Å². The van der Waals surface area contributed by atoms with E-state index in [0.29, 0.717) is 12.2 Å². The number of carbonyl (C=O) groups excluding carboxylic acids is 2. The predicted molar refractivity (Wildman–Crippen MR) is 151 cm³/mol. The number of rotatable bonds is 7. The Labute approximate surface area is 216 Å². The topological polar surface area (TPSA) is 112 Å². The monoisotopic (exact) mass is 494 g/mol. The summed E-state index contributed by atoms with van der Waals surface area (Å²) in [5, 5.41) is 6.30. The number of nitrogens with one attached hydrogen (secondary N) is 2. The highest BCUT2D eigenvalue weighted by atomic mass is 16.2. The molecule has 4 N–H and O–H groups in total. The Morgan fingerprint density at radius 2 is 1.97 bits per heavy atom. The molecule has 1 fully saturated rings. The van der Waals surface area contributed by atoms with Gasteiger partial charge in [-0.1, -0.05) is 36.9 Å². The number of carbonyl (C=O) groups is 2. The second-order valence-corrected chi connectivity index (χ2v) is 8.70. The van der Waals surface area contributed by atoms with Gasteiger partial charge in [-0.05, 0) is 54.5 Å². The molecular weight excluding hydrogens is 464 g/mol. The Kier molecular flexibility index (Phi) is 8.10. The molecule has 1 atom stereocenters. The van der Waals surface area contributed by atoms with Gasteiger partial charge in [-0.2, -0.15) is 0 Å². The van der Waals surface area contributed by atoms with Crippen molar-refractivity contribution >= 4 is 46.5 Å². The third-order valence-corrected chi connectivity index (χ3v) is 6.11. The van der Waals surface area contributed by atoms with Crippen molar-refractivity contribution < 1.29 is 9.59 Å². The van der Waals surface area contributed by atoms with E-state index in [1.807, 2.05) is 71.7 Å². The van der Waals surface area contributed by atoms with E-state index in [1.165, 1.54) is 12.4 Å². The summed E-state index contributed by atoms with van der Waals surface area (Å²) in [6.45, 7) is 6.60. The molecule has 1 unspecified atom stereocenters. The molecule has 0 saturated carbocycles. The minimum Gasteiger partial charge on any atom is -0.390 e. The molecule has 1 saturated heterocycles. The minimum atomic E-state index is -0.276. The Bertz CT molecular complexity index is 1330. The number of benzene rings is 2. The first kappa shape index (κ1) is 25.4. The molecule has 2 aromatic carbocycles. The Hall–Kier alpha value is -4.72. The molecule has 1 aliphatic carbocycles. The van der Waals surface area contributed by atoms with E-state index < -0.39 is 0 Å². The van der Waals surface area contributed by atoms with Gasteiger partial charge in [0.25, 0.3) is 0 Å². The molecule has 4 rings (SSSR count). The third-order valence-electron chi connectivity index (χ3n) is 6.11. The molecule has 188 valence electrons. The second-order valence-electron chi connectivity index (χ2n) is 8.70. The number of aliphatic imine (C=N–C) groups is 2. The molecule has 37 heavy (non-hydrogen) atoms. The van der Waals surface area contributed by atoms with E-state index >= 15 is 0 Å². The van der Waals surface area contributed by atoms with Crippen molar-refractivity contribution in [1.29, 1.82) is 0 Å². The first-order valence-electron chi connectivity index (χ1n) is 12.0. The normalized spacial score (nSPS) is 19.3. The van der Waals surface area contributed by atoms with Crippen LogP contribution in [0.5, 0.6) is 0 Å². The van der Waals surface area contributed by atoms with Gasteiger partial charge in [0.05, 0.1) is 17.7 Å². The van der Waals surface area contributed by atoms with Crippen molar-refractivity contribution in [2.24, 2.45) is 15.7 Å². The maximum absolute atomic E-state index is 11.8. The lowest BCUT2D eigenvalue weighted by Crippen LogP contribution is -2.29. The molecule has 0 aromatic heterocycles. The summed E-state index contributed by atoms with van der Waals surface area (Å²) in [7, 11) is 0. The number of nitrogens with two attached hydrogens (primary N) is 1. The van der Waals surface area contributed by atoms with E-state index in [2.05, 4.69) is 22.2 Å². The van der Waals surface area contributed by atoms with Crippen LogP contribution in [-0.4, -0.2) is 47.9 Å². The fourth-order valence-corrected chi connectivity index (χ4v) is 4.27. The van der Waals surface area contributed by atoms with Crippen LogP contribution < -0.4 is 16.4 Å². The third kappa shape index (κ3) is 6.49. The van der Waals surface area contributed by atoms with Crippen LogP contribution in [0.1, 0.15) is 18.9 Å². The quantitative estimate of drug-likeness (QED) is 0.300. The smallest absolute Gasteiger partial charge is 0.247 e.